The molecule has 2 aromatic carbocycles. The van der Waals surface area contributed by atoms with Gasteiger partial charge in [-0.2, -0.15) is 10.5 Å². The van der Waals surface area contributed by atoms with Crippen molar-refractivity contribution < 1.29 is 66.4 Å². The quantitative estimate of drug-likeness (QED) is 0.0853. The van der Waals surface area contributed by atoms with Gasteiger partial charge in [0.15, 0.2) is 22.7 Å². The number of aliphatic hydroxyl groups is 2. The van der Waals surface area contributed by atoms with E-state index in [2.05, 4.69) is 32.1 Å². The number of halogens is 1. The van der Waals surface area contributed by atoms with Gasteiger partial charge in [-0.1, -0.05) is 23.7 Å². The lowest BCUT2D eigenvalue weighted by Crippen LogP contribution is -2.41. The van der Waals surface area contributed by atoms with Gasteiger partial charge in [0, 0.05) is 95.4 Å². The van der Waals surface area contributed by atoms with Crippen molar-refractivity contribution >= 4 is 58.2 Å². The van der Waals surface area contributed by atoms with E-state index in [1.807, 2.05) is 58.0 Å². The molecule has 24 heteroatoms. The van der Waals surface area contributed by atoms with Crippen LogP contribution in [-0.4, -0.2) is 163 Å². The molecule has 3 saturated heterocycles. The molecule has 88 heavy (non-hydrogen) atoms. The van der Waals surface area contributed by atoms with E-state index >= 15 is 0 Å². The maximum absolute atomic E-state index is 12.6. The number of likely N-dealkylation sites (N-methyl/N-ethyl adjacent to an activating group) is 2. The summed E-state index contributed by atoms with van der Waals surface area (Å²) in [4.78, 5) is 45.2. The van der Waals surface area contributed by atoms with Gasteiger partial charge >= 0.3 is 7.12 Å². The first-order valence-electron chi connectivity index (χ1n) is 28.6. The van der Waals surface area contributed by atoms with E-state index in [0.29, 0.717) is 122 Å². The Morgan fingerprint density at radius 3 is 1.58 bits per heavy atom. The standard InChI is InChI=1S/C29H28N4O6.C18H24BNO4.C17H16ClN3O4/c1-33(9-10-34)29(35)20-14-25(36-2)27(32-17-20)26-15-23-28(39-26)22(5-8-31-23)18-3-4-24(19(13-18)16-30)38-21-6-11-37-12-7-21;1-17(2)18(3,4)24-19(23-17)14-5-6-16(13(11-14)12-20)22-15-7-9-21-10-8-15;1-21(5-6-22)17(23)10-7-13(24-2)15(20-9-10)14-8-12-16(25-14)11(18)3-4-19-12/h3-5,8,13-15,17,21,34H,6-7,9-12H2,1-2H3;5-6,11,15H,7-10H2,1-4H3;3-4,7-9,22H,5-6H2,1-2H3. The van der Waals surface area contributed by atoms with Crippen molar-refractivity contribution in [1.29, 1.82) is 10.5 Å². The highest BCUT2D eigenvalue weighted by molar-refractivity contribution is 6.62. The first kappa shape index (κ1) is 63.8. The molecule has 0 bridgehead atoms. The largest absolute Gasteiger partial charge is 0.494 e. The Morgan fingerprint density at radius 2 is 1.10 bits per heavy atom. The Labute approximate surface area is 514 Å². The molecular weight excluding hydrogens is 1150 g/mol. The van der Waals surface area contributed by atoms with Crippen LogP contribution in [0.3, 0.4) is 0 Å². The van der Waals surface area contributed by atoms with Crippen LogP contribution in [0.25, 0.3) is 56.2 Å². The molecule has 0 unspecified atom stereocenters. The number of furan rings is 2. The molecule has 0 saturated carbocycles. The van der Waals surface area contributed by atoms with E-state index in [1.165, 1.54) is 36.4 Å². The highest BCUT2D eigenvalue weighted by Crippen LogP contribution is 2.40. The normalized spacial score (nSPS) is 15.4. The van der Waals surface area contributed by atoms with Gasteiger partial charge in [-0.15, -0.1) is 0 Å². The number of aromatic nitrogens is 4. The number of hydrogen-bond acceptors (Lipinski definition) is 20. The van der Waals surface area contributed by atoms with E-state index in [4.69, 9.17) is 68.4 Å². The number of pyridine rings is 4. The van der Waals surface area contributed by atoms with E-state index in [-0.39, 0.29) is 50.3 Å². The first-order valence-corrected chi connectivity index (χ1v) is 28.9. The molecule has 9 heterocycles. The van der Waals surface area contributed by atoms with Crippen LogP contribution in [0.4, 0.5) is 0 Å². The summed E-state index contributed by atoms with van der Waals surface area (Å²) >= 11 is 6.11. The molecule has 3 aliphatic rings. The summed E-state index contributed by atoms with van der Waals surface area (Å²) in [5.74, 6) is 2.22. The molecule has 8 aromatic rings. The van der Waals surface area contributed by atoms with Gasteiger partial charge in [0.25, 0.3) is 11.8 Å². The van der Waals surface area contributed by atoms with Crippen LogP contribution in [0.2, 0.25) is 5.02 Å². The minimum atomic E-state index is -0.473. The average molecular weight is 1220 g/mol. The lowest BCUT2D eigenvalue weighted by Gasteiger charge is -2.32. The SMILES string of the molecule is CC1(C)OB(c2ccc(OC3CCOCC3)c(C#N)c2)OC1(C)C.COc1cc(C(=O)N(C)CCO)cnc1-c1cc2nccc(-c3ccc(OC4CCOCC4)c(C#N)c3)c2o1.COc1cc(C(=O)N(C)CCO)cnc1-c1cc2nccc(Cl)c2o1. The molecule has 6 aromatic heterocycles. The van der Waals surface area contributed by atoms with Crippen molar-refractivity contribution in [3.63, 3.8) is 0 Å². The van der Waals surface area contributed by atoms with Crippen LogP contribution in [0.15, 0.2) is 106 Å². The Hall–Kier alpha value is -8.65. The van der Waals surface area contributed by atoms with Gasteiger partial charge in [0.05, 0.1) is 92.3 Å². The minimum Gasteiger partial charge on any atom is -0.494 e. The molecule has 3 fully saturated rings. The van der Waals surface area contributed by atoms with Crippen molar-refractivity contribution in [1.82, 2.24) is 29.7 Å². The smallest absolute Gasteiger partial charge is 0.494 e. The van der Waals surface area contributed by atoms with Crippen LogP contribution in [0, 0.1) is 22.7 Å². The summed E-state index contributed by atoms with van der Waals surface area (Å²) in [7, 11) is 5.71. The Morgan fingerprint density at radius 1 is 0.636 bits per heavy atom. The average Bonchev–Trinajstić information content (AvgIpc) is 3.04. The molecular formula is C64H68BClN8O14. The van der Waals surface area contributed by atoms with E-state index < -0.39 is 18.3 Å². The Kier molecular flexibility index (Phi) is 20.6. The number of carbonyl (C=O) groups is 2. The van der Waals surface area contributed by atoms with Crippen LogP contribution in [-0.2, 0) is 18.8 Å². The van der Waals surface area contributed by atoms with Crippen molar-refractivity contribution in [3.8, 4) is 69.2 Å². The number of nitriles is 2. The molecule has 11 rings (SSSR count). The topological polar surface area (TPSA) is 280 Å². The predicted molar refractivity (Wildman–Crippen MR) is 327 cm³/mol. The Balaban J connectivity index is 0.000000164. The third-order valence-corrected chi connectivity index (χ3v) is 15.7. The summed E-state index contributed by atoms with van der Waals surface area (Å²) in [6.07, 6.45) is 9.57. The van der Waals surface area contributed by atoms with Crippen molar-refractivity contribution in [2.75, 3.05) is 81.0 Å². The minimum absolute atomic E-state index is 0.0243. The lowest BCUT2D eigenvalue weighted by atomic mass is 9.78. The molecule has 2 amide bonds. The Bertz CT molecular complexity index is 3850. The molecule has 22 nitrogen and oxygen atoms in total. The fourth-order valence-electron chi connectivity index (χ4n) is 9.75. The number of rotatable bonds is 16. The second-order valence-corrected chi connectivity index (χ2v) is 22.3. The highest BCUT2D eigenvalue weighted by atomic mass is 35.5. The number of aliphatic hydroxyl groups excluding tert-OH is 2. The third-order valence-electron chi connectivity index (χ3n) is 15.4. The molecule has 0 radical (unpaired) electrons. The van der Waals surface area contributed by atoms with Crippen LogP contribution in [0.1, 0.15) is 85.2 Å². The zero-order valence-electron chi connectivity index (χ0n) is 50.2. The van der Waals surface area contributed by atoms with Crippen LogP contribution in [0.5, 0.6) is 23.0 Å². The molecule has 0 aliphatic carbocycles. The maximum Gasteiger partial charge on any atom is 0.494 e. The predicted octanol–water partition coefficient (Wildman–Crippen LogP) is 9.09. The molecule has 2 N–H and O–H groups in total. The van der Waals surface area contributed by atoms with Crippen molar-refractivity contribution in [2.24, 2.45) is 0 Å². The number of benzene rings is 2. The second kappa shape index (κ2) is 28.5. The number of amides is 2. The van der Waals surface area contributed by atoms with Gasteiger partial charge in [0.2, 0.25) is 0 Å². The van der Waals surface area contributed by atoms with Crippen molar-refractivity contribution in [2.45, 2.75) is 76.8 Å². The summed E-state index contributed by atoms with van der Waals surface area (Å²) in [6, 6.07) is 25.6. The highest BCUT2D eigenvalue weighted by Gasteiger charge is 2.52. The molecule has 0 spiro atoms. The molecule has 458 valence electrons. The van der Waals surface area contributed by atoms with Crippen LogP contribution < -0.4 is 24.4 Å². The number of hydrogen-bond donors (Lipinski definition) is 2. The lowest BCUT2D eigenvalue weighted by molar-refractivity contribution is 0.00578. The second-order valence-electron chi connectivity index (χ2n) is 21.9. The van der Waals surface area contributed by atoms with E-state index in [1.54, 1.807) is 69.0 Å². The number of ether oxygens (including phenoxy) is 6. The summed E-state index contributed by atoms with van der Waals surface area (Å²) in [5, 5.41) is 37.8. The van der Waals surface area contributed by atoms with Gasteiger partial charge in [-0.3, -0.25) is 19.6 Å². The van der Waals surface area contributed by atoms with E-state index in [9.17, 15) is 20.1 Å². The number of nitrogens with zero attached hydrogens (tertiary/aromatic N) is 8. The van der Waals surface area contributed by atoms with E-state index in [0.717, 1.165) is 42.3 Å². The zero-order valence-corrected chi connectivity index (χ0v) is 51.0. The zero-order chi connectivity index (χ0) is 62.7. The molecule has 3 aliphatic heterocycles. The first-order chi connectivity index (χ1) is 42.4. The summed E-state index contributed by atoms with van der Waals surface area (Å²) < 4.78 is 57.8. The van der Waals surface area contributed by atoms with Gasteiger partial charge < -0.3 is 66.6 Å². The van der Waals surface area contributed by atoms with Crippen molar-refractivity contribution in [3.05, 3.63) is 125 Å². The third kappa shape index (κ3) is 14.5. The molecule has 0 atom stereocenters. The number of carbonyl (C=O) groups excluding carboxylic acids is 2. The van der Waals surface area contributed by atoms with Crippen LogP contribution >= 0.6 is 11.6 Å². The fraction of sp³-hybridized carbons (Fsp3) is 0.375. The number of methoxy groups -OCH3 is 2. The van der Waals surface area contributed by atoms with Gasteiger partial charge in [-0.25, -0.2) is 9.97 Å². The summed E-state index contributed by atoms with van der Waals surface area (Å²) in [5.41, 5.74) is 6.27. The monoisotopic (exact) mass is 1220 g/mol. The van der Waals surface area contributed by atoms with Gasteiger partial charge in [-0.05, 0) is 87.3 Å². The summed E-state index contributed by atoms with van der Waals surface area (Å²) in [6.45, 7) is 11.0. The van der Waals surface area contributed by atoms with Gasteiger partial charge in [0.1, 0.15) is 69.8 Å². The fourth-order valence-corrected chi connectivity index (χ4v) is 9.94. The number of fused-ring (bicyclic) bond motifs is 2. The maximum atomic E-state index is 12.6.